The highest BCUT2D eigenvalue weighted by atomic mass is 16.5. The van der Waals surface area contributed by atoms with E-state index in [4.69, 9.17) is 14.2 Å². The largest absolute Gasteiger partial charge is 0.465 e. The molecule has 0 bridgehead atoms. The van der Waals surface area contributed by atoms with E-state index >= 15 is 0 Å². The fourth-order valence-corrected chi connectivity index (χ4v) is 2.39. The lowest BCUT2D eigenvalue weighted by Crippen LogP contribution is -2.03. The van der Waals surface area contributed by atoms with Gasteiger partial charge in [0.05, 0.1) is 25.9 Å². The first-order valence-electron chi connectivity index (χ1n) is 6.98. The van der Waals surface area contributed by atoms with Gasteiger partial charge in [0.2, 0.25) is 0 Å². The van der Waals surface area contributed by atoms with Crippen LogP contribution in [0.15, 0.2) is 42.5 Å². The quantitative estimate of drug-likeness (QED) is 0.767. The summed E-state index contributed by atoms with van der Waals surface area (Å²) >= 11 is 0. The van der Waals surface area contributed by atoms with E-state index in [2.05, 4.69) is 6.07 Å². The maximum Gasteiger partial charge on any atom is 0.337 e. The minimum atomic E-state index is -0.350. The van der Waals surface area contributed by atoms with Crippen LogP contribution in [0.2, 0.25) is 0 Å². The average Bonchev–Trinajstić information content (AvgIpc) is 2.55. The molecule has 2 rings (SSSR count). The average molecular weight is 300 g/mol. The molecule has 0 atom stereocenters. The zero-order valence-corrected chi connectivity index (χ0v) is 13.1. The van der Waals surface area contributed by atoms with Crippen LogP contribution < -0.4 is 0 Å². The van der Waals surface area contributed by atoms with Gasteiger partial charge in [-0.25, -0.2) is 4.79 Å². The smallest absolute Gasteiger partial charge is 0.337 e. The maximum atomic E-state index is 11.7. The number of ether oxygens (including phenoxy) is 3. The van der Waals surface area contributed by atoms with Crippen LogP contribution in [-0.4, -0.2) is 27.3 Å². The topological polar surface area (TPSA) is 44.8 Å². The zero-order valence-electron chi connectivity index (χ0n) is 13.1. The van der Waals surface area contributed by atoms with Crippen molar-refractivity contribution in [2.75, 3.05) is 21.3 Å². The molecule has 0 N–H and O–H groups in total. The number of esters is 1. The van der Waals surface area contributed by atoms with Crippen LogP contribution in [0.5, 0.6) is 0 Å². The van der Waals surface area contributed by atoms with E-state index in [1.807, 2.05) is 30.3 Å². The van der Waals surface area contributed by atoms with Crippen LogP contribution in [0, 0.1) is 0 Å². The Labute approximate surface area is 130 Å². The van der Waals surface area contributed by atoms with Crippen LogP contribution in [0.3, 0.4) is 0 Å². The molecule has 0 fully saturated rings. The van der Waals surface area contributed by atoms with Crippen molar-refractivity contribution in [1.29, 1.82) is 0 Å². The van der Waals surface area contributed by atoms with Crippen molar-refractivity contribution in [3.05, 3.63) is 59.2 Å². The lowest BCUT2D eigenvalue weighted by Gasteiger charge is -2.12. The van der Waals surface area contributed by atoms with Gasteiger partial charge in [0.25, 0.3) is 0 Å². The lowest BCUT2D eigenvalue weighted by molar-refractivity contribution is 0.0600. The van der Waals surface area contributed by atoms with Crippen LogP contribution in [0.4, 0.5) is 0 Å². The molecule has 116 valence electrons. The first-order valence-corrected chi connectivity index (χ1v) is 6.98. The van der Waals surface area contributed by atoms with Crippen molar-refractivity contribution >= 4 is 5.97 Å². The van der Waals surface area contributed by atoms with Crippen molar-refractivity contribution < 1.29 is 19.0 Å². The van der Waals surface area contributed by atoms with E-state index in [0.717, 1.165) is 22.3 Å². The van der Waals surface area contributed by atoms with Gasteiger partial charge < -0.3 is 14.2 Å². The molecule has 4 nitrogen and oxygen atoms in total. The summed E-state index contributed by atoms with van der Waals surface area (Å²) < 4.78 is 15.2. The lowest BCUT2D eigenvalue weighted by atomic mass is 9.96. The highest BCUT2D eigenvalue weighted by Gasteiger charge is 2.11. The van der Waals surface area contributed by atoms with Gasteiger partial charge >= 0.3 is 5.97 Å². The first-order chi connectivity index (χ1) is 10.7. The summed E-state index contributed by atoms with van der Waals surface area (Å²) in [5.74, 6) is -0.350. The van der Waals surface area contributed by atoms with Gasteiger partial charge in [0.1, 0.15) is 0 Å². The van der Waals surface area contributed by atoms with E-state index in [0.29, 0.717) is 18.8 Å². The van der Waals surface area contributed by atoms with Gasteiger partial charge in [0.15, 0.2) is 0 Å². The number of hydrogen-bond acceptors (Lipinski definition) is 4. The van der Waals surface area contributed by atoms with Crippen molar-refractivity contribution in [2.45, 2.75) is 13.2 Å². The summed E-state index contributed by atoms with van der Waals surface area (Å²) in [6.45, 7) is 0.988. The Kier molecular flexibility index (Phi) is 5.69. The molecule has 0 heterocycles. The Bertz CT molecular complexity index is 649. The Morgan fingerprint density at radius 3 is 2.41 bits per heavy atom. The molecule has 0 aliphatic carbocycles. The van der Waals surface area contributed by atoms with Crippen molar-refractivity contribution in [3.63, 3.8) is 0 Å². The monoisotopic (exact) mass is 300 g/mol. The predicted molar refractivity (Wildman–Crippen MR) is 84.6 cm³/mol. The summed E-state index contributed by atoms with van der Waals surface area (Å²) in [4.78, 5) is 11.7. The molecular weight excluding hydrogens is 280 g/mol. The molecule has 0 aliphatic rings. The molecule has 0 unspecified atom stereocenters. The summed E-state index contributed by atoms with van der Waals surface area (Å²) in [6.07, 6.45) is 0. The minimum Gasteiger partial charge on any atom is -0.465 e. The standard InChI is InChI=1S/C18H20O4/c1-20-11-13-5-4-6-14(9-13)17-8-7-15(18(19)22-3)10-16(17)12-21-2/h4-10H,11-12H2,1-3H3. The number of rotatable bonds is 6. The van der Waals surface area contributed by atoms with Crippen LogP contribution in [0.1, 0.15) is 21.5 Å². The van der Waals surface area contributed by atoms with Crippen LogP contribution >= 0.6 is 0 Å². The predicted octanol–water partition coefficient (Wildman–Crippen LogP) is 3.43. The Morgan fingerprint density at radius 2 is 1.73 bits per heavy atom. The molecule has 0 amide bonds. The Morgan fingerprint density at radius 1 is 0.955 bits per heavy atom. The van der Waals surface area contributed by atoms with Gasteiger partial charge in [-0.05, 0) is 40.5 Å². The molecule has 0 aliphatic heterocycles. The molecule has 0 spiro atoms. The van der Waals surface area contributed by atoms with Crippen LogP contribution in [-0.2, 0) is 27.4 Å². The molecule has 0 saturated heterocycles. The number of carbonyl (C=O) groups is 1. The molecule has 2 aromatic rings. The third-order valence-electron chi connectivity index (χ3n) is 3.38. The number of benzene rings is 2. The van der Waals surface area contributed by atoms with E-state index in [-0.39, 0.29) is 5.97 Å². The highest BCUT2D eigenvalue weighted by Crippen LogP contribution is 2.27. The SMILES string of the molecule is COCc1cccc(-c2ccc(C(=O)OC)cc2COC)c1. The van der Waals surface area contributed by atoms with Crippen molar-refractivity contribution in [3.8, 4) is 11.1 Å². The van der Waals surface area contributed by atoms with E-state index < -0.39 is 0 Å². The fourth-order valence-electron chi connectivity index (χ4n) is 2.39. The van der Waals surface area contributed by atoms with Gasteiger partial charge in [-0.1, -0.05) is 24.3 Å². The second-order valence-electron chi connectivity index (χ2n) is 4.93. The van der Waals surface area contributed by atoms with Gasteiger partial charge in [-0.3, -0.25) is 0 Å². The molecule has 0 aromatic heterocycles. The third-order valence-corrected chi connectivity index (χ3v) is 3.38. The summed E-state index contributed by atoms with van der Waals surface area (Å²) in [7, 11) is 4.69. The number of carbonyl (C=O) groups excluding carboxylic acids is 1. The molecule has 4 heteroatoms. The second kappa shape index (κ2) is 7.73. The molecule has 0 saturated carbocycles. The number of hydrogen-bond donors (Lipinski definition) is 0. The molecule has 2 aromatic carbocycles. The van der Waals surface area contributed by atoms with E-state index in [1.54, 1.807) is 20.3 Å². The maximum absolute atomic E-state index is 11.7. The second-order valence-corrected chi connectivity index (χ2v) is 4.93. The Balaban J connectivity index is 2.45. The van der Waals surface area contributed by atoms with Crippen molar-refractivity contribution in [2.24, 2.45) is 0 Å². The van der Waals surface area contributed by atoms with Gasteiger partial charge in [0, 0.05) is 14.2 Å². The third kappa shape index (κ3) is 3.72. The first kappa shape index (κ1) is 16.2. The van der Waals surface area contributed by atoms with Gasteiger partial charge in [-0.2, -0.15) is 0 Å². The van der Waals surface area contributed by atoms with E-state index in [9.17, 15) is 4.79 Å². The molecular formula is C18H20O4. The summed E-state index contributed by atoms with van der Waals surface area (Å²) in [5, 5.41) is 0. The van der Waals surface area contributed by atoms with Crippen LogP contribution in [0.25, 0.3) is 11.1 Å². The molecule has 22 heavy (non-hydrogen) atoms. The summed E-state index contributed by atoms with van der Waals surface area (Å²) in [5.41, 5.74) is 4.66. The summed E-state index contributed by atoms with van der Waals surface area (Å²) in [6, 6.07) is 13.6. The number of methoxy groups -OCH3 is 3. The van der Waals surface area contributed by atoms with Gasteiger partial charge in [-0.15, -0.1) is 0 Å². The van der Waals surface area contributed by atoms with Crippen molar-refractivity contribution in [1.82, 2.24) is 0 Å². The van der Waals surface area contributed by atoms with E-state index in [1.165, 1.54) is 7.11 Å². The fraction of sp³-hybridized carbons (Fsp3) is 0.278. The highest BCUT2D eigenvalue weighted by molar-refractivity contribution is 5.90. The molecule has 0 radical (unpaired) electrons. The zero-order chi connectivity index (χ0) is 15.9. The minimum absolute atomic E-state index is 0.350. The normalized spacial score (nSPS) is 10.5. The Hall–Kier alpha value is -2.17.